The largest absolute Gasteiger partial charge is 0.490 e. The molecule has 0 unspecified atom stereocenters. The van der Waals surface area contributed by atoms with Gasteiger partial charge in [-0.05, 0) is 43.2 Å². The van der Waals surface area contributed by atoms with Gasteiger partial charge in [0.05, 0.1) is 6.10 Å². The average Bonchev–Trinajstić information content (AvgIpc) is 3.35. The highest BCUT2D eigenvalue weighted by Gasteiger charge is 2.33. The second kappa shape index (κ2) is 11.0. The van der Waals surface area contributed by atoms with E-state index in [4.69, 9.17) is 9.84 Å². The van der Waals surface area contributed by atoms with Crippen LogP contribution in [0.1, 0.15) is 48.0 Å². The number of ether oxygens (including phenoxy) is 1. The first kappa shape index (κ1) is 24.9. The van der Waals surface area contributed by atoms with E-state index in [0.717, 1.165) is 10.8 Å². The molecule has 3 aromatic rings. The van der Waals surface area contributed by atoms with Crippen LogP contribution in [-0.2, 0) is 14.4 Å². The van der Waals surface area contributed by atoms with E-state index in [0.29, 0.717) is 36.1 Å². The highest BCUT2D eigenvalue weighted by atomic mass is 16.5. The van der Waals surface area contributed by atoms with Crippen LogP contribution >= 0.6 is 0 Å². The number of ketones is 1. The fraction of sp³-hybridized carbons (Fsp3) is 0.286. The van der Waals surface area contributed by atoms with Crippen LogP contribution < -0.4 is 10.1 Å². The lowest BCUT2D eigenvalue weighted by Crippen LogP contribution is -2.43. The van der Waals surface area contributed by atoms with Crippen LogP contribution in [0, 0.1) is 5.92 Å². The molecule has 8 heteroatoms. The molecule has 0 radical (unpaired) electrons. The van der Waals surface area contributed by atoms with Gasteiger partial charge in [-0.25, -0.2) is 4.79 Å². The van der Waals surface area contributed by atoms with E-state index in [1.54, 1.807) is 24.3 Å². The van der Waals surface area contributed by atoms with Crippen molar-refractivity contribution < 1.29 is 34.1 Å². The predicted molar refractivity (Wildman–Crippen MR) is 132 cm³/mol. The summed E-state index contributed by atoms with van der Waals surface area (Å²) in [6, 6.07) is 18.9. The monoisotopic (exact) mass is 489 g/mol. The molecular weight excluding hydrogens is 462 g/mol. The van der Waals surface area contributed by atoms with Crippen molar-refractivity contribution in [3.05, 3.63) is 77.9 Å². The molecule has 1 fully saturated rings. The highest BCUT2D eigenvalue weighted by Crippen LogP contribution is 2.35. The van der Waals surface area contributed by atoms with Crippen molar-refractivity contribution in [3.8, 4) is 5.75 Å². The van der Waals surface area contributed by atoms with E-state index in [1.165, 1.54) is 0 Å². The molecule has 36 heavy (non-hydrogen) atoms. The number of amides is 1. The number of hydrogen-bond acceptors (Lipinski definition) is 5. The maximum atomic E-state index is 13.1. The van der Waals surface area contributed by atoms with Crippen molar-refractivity contribution in [2.75, 3.05) is 0 Å². The fourth-order valence-electron chi connectivity index (χ4n) is 4.60. The van der Waals surface area contributed by atoms with Gasteiger partial charge in [0.25, 0.3) is 0 Å². The smallest absolute Gasteiger partial charge is 0.326 e. The van der Waals surface area contributed by atoms with Crippen molar-refractivity contribution in [1.82, 2.24) is 5.32 Å². The minimum atomic E-state index is -1.26. The molecule has 3 N–H and O–H groups in total. The van der Waals surface area contributed by atoms with Crippen LogP contribution in [0.5, 0.6) is 5.75 Å². The minimum Gasteiger partial charge on any atom is -0.490 e. The van der Waals surface area contributed by atoms with Crippen LogP contribution in [0.25, 0.3) is 10.8 Å². The predicted octanol–water partition coefficient (Wildman–Crippen LogP) is 4.05. The maximum absolute atomic E-state index is 13.1. The first-order valence-electron chi connectivity index (χ1n) is 11.9. The molecule has 186 valence electrons. The molecule has 3 atom stereocenters. The number of nitrogens with one attached hydrogen (secondary N) is 1. The molecule has 1 aliphatic rings. The molecule has 4 rings (SSSR count). The van der Waals surface area contributed by atoms with Gasteiger partial charge in [0.2, 0.25) is 5.91 Å². The van der Waals surface area contributed by atoms with Gasteiger partial charge in [0, 0.05) is 28.9 Å². The zero-order valence-corrected chi connectivity index (χ0v) is 19.6. The quantitative estimate of drug-likeness (QED) is 0.366. The average molecular weight is 490 g/mol. The lowest BCUT2D eigenvalue weighted by molar-refractivity contribution is -0.143. The van der Waals surface area contributed by atoms with Crippen LogP contribution in [0.3, 0.4) is 0 Å². The number of carbonyl (C=O) groups excluding carboxylic acids is 2. The number of carboxylic acid groups (broad SMARTS) is 2. The Morgan fingerprint density at radius 2 is 1.58 bits per heavy atom. The Balaban J connectivity index is 1.45. The number of hydrogen-bond donors (Lipinski definition) is 3. The van der Waals surface area contributed by atoms with Gasteiger partial charge in [-0.15, -0.1) is 0 Å². The third-order valence-corrected chi connectivity index (χ3v) is 6.48. The second-order valence-electron chi connectivity index (χ2n) is 8.93. The normalized spacial score (nSPS) is 17.9. The van der Waals surface area contributed by atoms with E-state index in [2.05, 4.69) is 5.32 Å². The Morgan fingerprint density at radius 1 is 0.889 bits per heavy atom. The van der Waals surface area contributed by atoms with Crippen molar-refractivity contribution >= 4 is 34.4 Å². The third kappa shape index (κ3) is 5.71. The SMILES string of the molecule is O=C(O)CC[C@H](NC(=O)[C@H]1CC[C@H](Oc2ccc(C(=O)c3ccccc3)c3ccccc23)C1)C(=O)O. The van der Waals surface area contributed by atoms with Crippen LogP contribution in [0.15, 0.2) is 66.7 Å². The summed E-state index contributed by atoms with van der Waals surface area (Å²) in [6.45, 7) is 0. The van der Waals surface area contributed by atoms with Gasteiger partial charge in [-0.2, -0.15) is 0 Å². The van der Waals surface area contributed by atoms with Crippen molar-refractivity contribution in [3.63, 3.8) is 0 Å². The Labute approximate surface area is 207 Å². The van der Waals surface area contributed by atoms with Crippen LogP contribution in [0.2, 0.25) is 0 Å². The van der Waals surface area contributed by atoms with Crippen molar-refractivity contribution in [1.29, 1.82) is 0 Å². The molecule has 8 nitrogen and oxygen atoms in total. The van der Waals surface area contributed by atoms with Crippen LogP contribution in [-0.4, -0.2) is 46.0 Å². The standard InChI is InChI=1S/C28H27NO7/c30-25(31)15-13-23(28(34)35)29-27(33)18-10-11-19(16-18)36-24-14-12-22(20-8-4-5-9-21(20)24)26(32)17-6-2-1-3-7-17/h1-9,12,14,18-19,23H,10-11,13,15-16H2,(H,29,33)(H,30,31)(H,34,35)/t18-,19-,23-/m0/s1. The fourth-order valence-corrected chi connectivity index (χ4v) is 4.60. The van der Waals surface area contributed by atoms with E-state index >= 15 is 0 Å². The Morgan fingerprint density at radius 3 is 2.28 bits per heavy atom. The number of carboxylic acids is 2. The topological polar surface area (TPSA) is 130 Å². The first-order valence-corrected chi connectivity index (χ1v) is 11.9. The molecule has 0 spiro atoms. The first-order chi connectivity index (χ1) is 17.3. The molecule has 1 amide bonds. The molecule has 1 saturated carbocycles. The van der Waals surface area contributed by atoms with Gasteiger partial charge >= 0.3 is 11.9 Å². The number of carbonyl (C=O) groups is 4. The van der Waals surface area contributed by atoms with Gasteiger partial charge in [0.1, 0.15) is 11.8 Å². The van der Waals surface area contributed by atoms with Crippen molar-refractivity contribution in [2.45, 2.75) is 44.2 Å². The van der Waals surface area contributed by atoms with E-state index in [9.17, 15) is 24.3 Å². The molecule has 0 aromatic heterocycles. The summed E-state index contributed by atoms with van der Waals surface area (Å²) >= 11 is 0. The third-order valence-electron chi connectivity index (χ3n) is 6.48. The minimum absolute atomic E-state index is 0.0770. The zero-order valence-electron chi connectivity index (χ0n) is 19.6. The second-order valence-corrected chi connectivity index (χ2v) is 8.93. The summed E-state index contributed by atoms with van der Waals surface area (Å²) in [5.74, 6) is -2.67. The number of rotatable bonds is 10. The summed E-state index contributed by atoms with van der Waals surface area (Å²) < 4.78 is 6.26. The van der Waals surface area contributed by atoms with E-state index in [1.807, 2.05) is 42.5 Å². The van der Waals surface area contributed by atoms with Crippen LogP contribution in [0.4, 0.5) is 0 Å². The molecule has 0 bridgehead atoms. The Hall–Kier alpha value is -4.20. The Kier molecular flexibility index (Phi) is 7.63. The van der Waals surface area contributed by atoms with E-state index in [-0.39, 0.29) is 24.7 Å². The van der Waals surface area contributed by atoms with Gasteiger partial charge in [-0.1, -0.05) is 54.6 Å². The molecule has 3 aromatic carbocycles. The van der Waals surface area contributed by atoms with E-state index < -0.39 is 29.8 Å². The lowest BCUT2D eigenvalue weighted by Gasteiger charge is -2.18. The van der Waals surface area contributed by atoms with Gasteiger partial charge in [0.15, 0.2) is 5.78 Å². The molecule has 0 aliphatic heterocycles. The number of benzene rings is 3. The molecule has 0 heterocycles. The zero-order chi connectivity index (χ0) is 25.7. The lowest BCUT2D eigenvalue weighted by atomic mass is 9.96. The molecule has 1 aliphatic carbocycles. The maximum Gasteiger partial charge on any atom is 0.326 e. The number of aliphatic carboxylic acids is 2. The Bertz CT molecular complexity index is 1290. The summed E-state index contributed by atoms with van der Waals surface area (Å²) in [6.07, 6.45) is 0.791. The summed E-state index contributed by atoms with van der Waals surface area (Å²) in [5, 5.41) is 22.2. The highest BCUT2D eigenvalue weighted by molar-refractivity contribution is 6.17. The molecule has 0 saturated heterocycles. The number of fused-ring (bicyclic) bond motifs is 1. The van der Waals surface area contributed by atoms with Gasteiger partial charge < -0.3 is 20.3 Å². The summed E-state index contributed by atoms with van der Waals surface area (Å²) in [5.41, 5.74) is 1.18. The van der Waals surface area contributed by atoms with Crippen molar-refractivity contribution in [2.24, 2.45) is 5.92 Å². The summed E-state index contributed by atoms with van der Waals surface area (Å²) in [7, 11) is 0. The molecular formula is C28H27NO7. The summed E-state index contributed by atoms with van der Waals surface area (Å²) in [4.78, 5) is 47.9. The van der Waals surface area contributed by atoms with Gasteiger partial charge in [-0.3, -0.25) is 14.4 Å².